The van der Waals surface area contributed by atoms with E-state index in [9.17, 15) is 9.18 Å². The van der Waals surface area contributed by atoms with Crippen LogP contribution in [0.2, 0.25) is 0 Å². The molecule has 1 amide bonds. The lowest BCUT2D eigenvalue weighted by Crippen LogP contribution is -2.33. The van der Waals surface area contributed by atoms with Crippen molar-refractivity contribution in [1.29, 1.82) is 0 Å². The average molecular weight is 266 g/mol. The Morgan fingerprint density at radius 2 is 2.32 bits per heavy atom. The van der Waals surface area contributed by atoms with Crippen LogP contribution in [0.3, 0.4) is 0 Å². The number of hydrogen-bond acceptors (Lipinski definition) is 3. The van der Waals surface area contributed by atoms with Crippen molar-refractivity contribution in [2.75, 3.05) is 20.2 Å². The van der Waals surface area contributed by atoms with Gasteiger partial charge in [0, 0.05) is 25.2 Å². The van der Waals surface area contributed by atoms with Crippen molar-refractivity contribution in [3.8, 4) is 5.75 Å². The van der Waals surface area contributed by atoms with Crippen LogP contribution < -0.4 is 10.5 Å². The molecule has 2 N–H and O–H groups in total. The van der Waals surface area contributed by atoms with E-state index in [4.69, 9.17) is 10.5 Å². The van der Waals surface area contributed by atoms with E-state index in [1.165, 1.54) is 19.2 Å². The van der Waals surface area contributed by atoms with Gasteiger partial charge in [-0.25, -0.2) is 4.39 Å². The molecule has 1 aliphatic heterocycles. The molecule has 2 unspecified atom stereocenters. The second-order valence-corrected chi connectivity index (χ2v) is 5.00. The summed E-state index contributed by atoms with van der Waals surface area (Å²) in [5, 5.41) is 0. The van der Waals surface area contributed by atoms with Gasteiger partial charge in [0.25, 0.3) is 5.91 Å². The fourth-order valence-electron chi connectivity index (χ4n) is 2.37. The van der Waals surface area contributed by atoms with Crippen LogP contribution in [-0.2, 0) is 0 Å². The Labute approximate surface area is 112 Å². The number of methoxy groups -OCH3 is 1. The van der Waals surface area contributed by atoms with Gasteiger partial charge < -0.3 is 15.4 Å². The minimum Gasteiger partial charge on any atom is -0.497 e. The van der Waals surface area contributed by atoms with Crippen LogP contribution in [0, 0.1) is 11.7 Å². The van der Waals surface area contributed by atoms with Gasteiger partial charge in [-0.15, -0.1) is 0 Å². The Balaban J connectivity index is 2.12. The molecule has 4 nitrogen and oxygen atoms in total. The van der Waals surface area contributed by atoms with Crippen LogP contribution in [0.5, 0.6) is 5.75 Å². The van der Waals surface area contributed by atoms with Crippen molar-refractivity contribution >= 4 is 5.91 Å². The number of amides is 1. The lowest BCUT2D eigenvalue weighted by atomic mass is 10.0. The lowest BCUT2D eigenvalue weighted by Gasteiger charge is -2.18. The van der Waals surface area contributed by atoms with Gasteiger partial charge in [0.05, 0.1) is 12.7 Å². The summed E-state index contributed by atoms with van der Waals surface area (Å²) in [5.41, 5.74) is 5.93. The van der Waals surface area contributed by atoms with Crippen molar-refractivity contribution in [1.82, 2.24) is 4.90 Å². The standard InChI is InChI=1S/C14H19FN2O2/c1-9(16)10-5-6-17(8-10)14(18)12-4-3-11(19-2)7-13(12)15/h3-4,7,9-10H,5-6,8,16H2,1-2H3. The highest BCUT2D eigenvalue weighted by atomic mass is 19.1. The van der Waals surface area contributed by atoms with Crippen LogP contribution in [0.4, 0.5) is 4.39 Å². The Kier molecular flexibility index (Phi) is 4.04. The van der Waals surface area contributed by atoms with Crippen molar-refractivity contribution in [2.24, 2.45) is 11.7 Å². The molecule has 2 atom stereocenters. The summed E-state index contributed by atoms with van der Waals surface area (Å²) in [6, 6.07) is 4.34. The highest BCUT2D eigenvalue weighted by Gasteiger charge is 2.30. The smallest absolute Gasteiger partial charge is 0.256 e. The molecule has 0 aromatic heterocycles. The zero-order valence-corrected chi connectivity index (χ0v) is 11.2. The van der Waals surface area contributed by atoms with Crippen molar-refractivity contribution < 1.29 is 13.9 Å². The fourth-order valence-corrected chi connectivity index (χ4v) is 2.37. The van der Waals surface area contributed by atoms with Crippen LogP contribution in [-0.4, -0.2) is 37.0 Å². The van der Waals surface area contributed by atoms with Gasteiger partial charge in [-0.1, -0.05) is 0 Å². The number of carbonyl (C=O) groups excluding carboxylic acids is 1. The number of likely N-dealkylation sites (tertiary alicyclic amines) is 1. The lowest BCUT2D eigenvalue weighted by molar-refractivity contribution is 0.0781. The third-order valence-electron chi connectivity index (χ3n) is 3.66. The molecule has 1 aromatic rings. The molecule has 5 heteroatoms. The van der Waals surface area contributed by atoms with Gasteiger partial charge in [-0.3, -0.25) is 4.79 Å². The van der Waals surface area contributed by atoms with Crippen LogP contribution in [0.15, 0.2) is 18.2 Å². The molecular formula is C14H19FN2O2. The van der Waals surface area contributed by atoms with E-state index in [1.807, 2.05) is 6.92 Å². The first-order valence-electron chi connectivity index (χ1n) is 6.41. The first-order chi connectivity index (χ1) is 9.02. The molecule has 19 heavy (non-hydrogen) atoms. The summed E-state index contributed by atoms with van der Waals surface area (Å²) >= 11 is 0. The molecule has 1 saturated heterocycles. The predicted octanol–water partition coefficient (Wildman–Crippen LogP) is 1.64. The summed E-state index contributed by atoms with van der Waals surface area (Å²) in [6.07, 6.45) is 0.876. The largest absolute Gasteiger partial charge is 0.497 e. The van der Waals surface area contributed by atoms with Crippen molar-refractivity contribution in [3.63, 3.8) is 0 Å². The van der Waals surface area contributed by atoms with Crippen molar-refractivity contribution in [3.05, 3.63) is 29.6 Å². The number of ether oxygens (including phenoxy) is 1. The zero-order chi connectivity index (χ0) is 14.0. The number of rotatable bonds is 3. The maximum Gasteiger partial charge on any atom is 0.256 e. The second kappa shape index (κ2) is 5.57. The van der Waals surface area contributed by atoms with Gasteiger partial charge in [0.1, 0.15) is 11.6 Å². The van der Waals surface area contributed by atoms with Gasteiger partial charge in [0.15, 0.2) is 0 Å². The monoisotopic (exact) mass is 266 g/mol. The number of nitrogens with zero attached hydrogens (tertiary/aromatic N) is 1. The number of hydrogen-bond donors (Lipinski definition) is 1. The molecule has 0 saturated carbocycles. The van der Waals surface area contributed by atoms with Gasteiger partial charge in [-0.2, -0.15) is 0 Å². The zero-order valence-electron chi connectivity index (χ0n) is 11.2. The van der Waals surface area contributed by atoms with E-state index in [-0.39, 0.29) is 17.5 Å². The van der Waals surface area contributed by atoms with E-state index < -0.39 is 5.82 Å². The van der Waals surface area contributed by atoms with Crippen LogP contribution in [0.1, 0.15) is 23.7 Å². The third-order valence-corrected chi connectivity index (χ3v) is 3.66. The maximum atomic E-state index is 13.8. The fraction of sp³-hybridized carbons (Fsp3) is 0.500. The molecule has 2 rings (SSSR count). The van der Waals surface area contributed by atoms with E-state index >= 15 is 0 Å². The third kappa shape index (κ3) is 2.87. The SMILES string of the molecule is COc1ccc(C(=O)N2CCC(C(C)N)C2)c(F)c1. The molecule has 1 aromatic carbocycles. The topological polar surface area (TPSA) is 55.6 Å². The predicted molar refractivity (Wildman–Crippen MR) is 70.6 cm³/mol. The number of carbonyl (C=O) groups is 1. The van der Waals surface area contributed by atoms with E-state index in [0.29, 0.717) is 24.8 Å². The number of benzene rings is 1. The summed E-state index contributed by atoms with van der Waals surface area (Å²) in [7, 11) is 1.46. The van der Waals surface area contributed by atoms with Crippen LogP contribution >= 0.6 is 0 Å². The van der Waals surface area contributed by atoms with Gasteiger partial charge >= 0.3 is 0 Å². The molecule has 0 bridgehead atoms. The Morgan fingerprint density at radius 3 is 2.84 bits per heavy atom. The summed E-state index contributed by atoms with van der Waals surface area (Å²) in [5.74, 6) is -0.119. The van der Waals surface area contributed by atoms with Gasteiger partial charge in [0.2, 0.25) is 0 Å². The molecule has 0 aliphatic carbocycles. The quantitative estimate of drug-likeness (QED) is 0.905. The summed E-state index contributed by atoms with van der Waals surface area (Å²) < 4.78 is 18.8. The number of nitrogens with two attached hydrogens (primary N) is 1. The Morgan fingerprint density at radius 1 is 1.58 bits per heavy atom. The van der Waals surface area contributed by atoms with Crippen LogP contribution in [0.25, 0.3) is 0 Å². The van der Waals surface area contributed by atoms with E-state index in [0.717, 1.165) is 6.42 Å². The van der Waals surface area contributed by atoms with E-state index in [2.05, 4.69) is 0 Å². The Bertz CT molecular complexity index is 477. The molecule has 104 valence electrons. The molecule has 0 radical (unpaired) electrons. The number of halogens is 1. The van der Waals surface area contributed by atoms with Gasteiger partial charge in [-0.05, 0) is 31.4 Å². The molecule has 1 fully saturated rings. The average Bonchev–Trinajstić information content (AvgIpc) is 2.87. The molecule has 1 heterocycles. The molecular weight excluding hydrogens is 247 g/mol. The van der Waals surface area contributed by atoms with Crippen molar-refractivity contribution in [2.45, 2.75) is 19.4 Å². The summed E-state index contributed by atoms with van der Waals surface area (Å²) in [4.78, 5) is 13.9. The molecule has 1 aliphatic rings. The normalized spacial score (nSPS) is 20.4. The molecule has 0 spiro atoms. The minimum absolute atomic E-state index is 0.0542. The highest BCUT2D eigenvalue weighted by molar-refractivity contribution is 5.94. The maximum absolute atomic E-state index is 13.8. The second-order valence-electron chi connectivity index (χ2n) is 5.00. The first-order valence-corrected chi connectivity index (χ1v) is 6.41. The highest BCUT2D eigenvalue weighted by Crippen LogP contribution is 2.23. The minimum atomic E-state index is -0.548. The van der Waals surface area contributed by atoms with E-state index in [1.54, 1.807) is 11.0 Å². The first kappa shape index (κ1) is 13.8. The Hall–Kier alpha value is -1.62. The summed E-state index contributed by atoms with van der Waals surface area (Å²) in [6.45, 7) is 3.17.